The number of carbonyl (C=O) groups excluding carboxylic acids is 3. The van der Waals surface area contributed by atoms with Gasteiger partial charge in [0, 0.05) is 18.3 Å². The van der Waals surface area contributed by atoms with Crippen LogP contribution in [0.2, 0.25) is 0 Å². The lowest BCUT2D eigenvalue weighted by Gasteiger charge is -2.33. The average Bonchev–Trinajstić information content (AvgIpc) is 2.90. The van der Waals surface area contributed by atoms with Gasteiger partial charge in [0.05, 0.1) is 0 Å². The lowest BCUT2D eigenvalue weighted by atomic mass is 9.93. The number of rotatable bonds is 5. The topological polar surface area (TPSA) is 72.9 Å². The van der Waals surface area contributed by atoms with Gasteiger partial charge in [0.1, 0.15) is 18.4 Å². The maximum Gasteiger partial charge on any atom is 0.413 e. The fourth-order valence-electron chi connectivity index (χ4n) is 2.67. The van der Waals surface area contributed by atoms with Crippen LogP contribution in [0.4, 0.5) is 4.79 Å². The van der Waals surface area contributed by atoms with E-state index >= 15 is 0 Å². The van der Waals surface area contributed by atoms with E-state index in [1.54, 1.807) is 6.92 Å². The molecule has 2 rings (SSSR count). The third kappa shape index (κ3) is 4.59. The number of cyclic esters (lactones) is 1. The maximum absolute atomic E-state index is 12.7. The van der Waals surface area contributed by atoms with E-state index < -0.39 is 29.7 Å². The van der Waals surface area contributed by atoms with Crippen LogP contribution in [0.25, 0.3) is 0 Å². The highest BCUT2D eigenvalue weighted by Gasteiger charge is 2.51. The van der Waals surface area contributed by atoms with E-state index in [1.165, 1.54) is 4.90 Å². The van der Waals surface area contributed by atoms with E-state index in [1.807, 2.05) is 51.1 Å². The second-order valence-electron chi connectivity index (χ2n) is 7.21. The second kappa shape index (κ2) is 7.68. The number of esters is 1. The van der Waals surface area contributed by atoms with E-state index in [2.05, 4.69) is 0 Å². The molecule has 1 aliphatic rings. The molecule has 136 valence electrons. The first-order valence-corrected chi connectivity index (χ1v) is 8.45. The van der Waals surface area contributed by atoms with E-state index in [0.717, 1.165) is 5.56 Å². The van der Waals surface area contributed by atoms with Gasteiger partial charge >= 0.3 is 12.1 Å². The van der Waals surface area contributed by atoms with Crippen LogP contribution in [-0.2, 0) is 25.7 Å². The minimum absolute atomic E-state index is 0.0532. The van der Waals surface area contributed by atoms with Gasteiger partial charge in [-0.3, -0.25) is 9.69 Å². The van der Waals surface area contributed by atoms with Crippen molar-refractivity contribution in [3.8, 4) is 0 Å². The molecule has 1 aliphatic heterocycles. The van der Waals surface area contributed by atoms with Crippen LogP contribution >= 0.6 is 0 Å². The molecule has 25 heavy (non-hydrogen) atoms. The zero-order valence-corrected chi connectivity index (χ0v) is 15.2. The van der Waals surface area contributed by atoms with Gasteiger partial charge in [-0.05, 0) is 5.56 Å². The van der Waals surface area contributed by atoms with Crippen molar-refractivity contribution in [1.29, 1.82) is 0 Å². The normalized spacial score (nSPS) is 20.3. The second-order valence-corrected chi connectivity index (χ2v) is 7.21. The van der Waals surface area contributed by atoms with Crippen LogP contribution in [-0.4, -0.2) is 35.0 Å². The highest BCUT2D eigenvalue weighted by Crippen LogP contribution is 2.34. The van der Waals surface area contributed by atoms with Crippen molar-refractivity contribution < 1.29 is 23.9 Å². The number of amides is 1. The molecule has 0 bridgehead atoms. The summed E-state index contributed by atoms with van der Waals surface area (Å²) in [4.78, 5) is 38.0. The Balaban J connectivity index is 2.18. The molecule has 0 radical (unpaired) electrons. The first-order chi connectivity index (χ1) is 11.7. The lowest BCUT2D eigenvalue weighted by molar-refractivity contribution is -0.147. The molecule has 0 spiro atoms. The molecule has 0 aromatic heterocycles. The number of carbonyl (C=O) groups is 3. The smallest absolute Gasteiger partial charge is 0.413 e. The van der Waals surface area contributed by atoms with Crippen LogP contribution in [0.3, 0.4) is 0 Å². The SMILES string of the molecule is CCC(=O)C[C@H]1C(=O)O[C@H](C(C)(C)C)N1C(=O)OCc1ccccc1. The minimum atomic E-state index is -0.931. The molecule has 6 heteroatoms. The number of hydrogen-bond donors (Lipinski definition) is 0. The van der Waals surface area contributed by atoms with E-state index in [-0.39, 0.29) is 18.8 Å². The van der Waals surface area contributed by atoms with Crippen LogP contribution in [0, 0.1) is 5.41 Å². The Bertz CT molecular complexity index is 635. The number of hydrogen-bond acceptors (Lipinski definition) is 5. The van der Waals surface area contributed by atoms with Crippen LogP contribution < -0.4 is 0 Å². The summed E-state index contributed by atoms with van der Waals surface area (Å²) in [5.74, 6) is -0.657. The molecule has 1 heterocycles. The molecule has 1 saturated heterocycles. The molecular formula is C19H25NO5. The summed E-state index contributed by atoms with van der Waals surface area (Å²) in [6.45, 7) is 7.42. The summed E-state index contributed by atoms with van der Waals surface area (Å²) in [6.07, 6.45) is -1.17. The van der Waals surface area contributed by atoms with Gasteiger partial charge in [-0.1, -0.05) is 58.0 Å². The Morgan fingerprint density at radius 1 is 1.20 bits per heavy atom. The summed E-state index contributed by atoms with van der Waals surface area (Å²) in [6, 6.07) is 8.34. The lowest BCUT2D eigenvalue weighted by Crippen LogP contribution is -2.48. The fourth-order valence-corrected chi connectivity index (χ4v) is 2.67. The van der Waals surface area contributed by atoms with Gasteiger partial charge in [0.25, 0.3) is 0 Å². The molecule has 1 aromatic carbocycles. The average molecular weight is 347 g/mol. The summed E-state index contributed by atoms with van der Waals surface area (Å²) in [5.41, 5.74) is 0.349. The first kappa shape index (κ1) is 19.0. The van der Waals surface area contributed by atoms with Crippen LogP contribution in [0.15, 0.2) is 30.3 Å². The third-order valence-corrected chi connectivity index (χ3v) is 4.06. The zero-order chi connectivity index (χ0) is 18.6. The Morgan fingerprint density at radius 3 is 2.40 bits per heavy atom. The summed E-state index contributed by atoms with van der Waals surface area (Å²) >= 11 is 0. The molecule has 0 aliphatic carbocycles. The highest BCUT2D eigenvalue weighted by molar-refractivity contribution is 5.90. The van der Waals surface area contributed by atoms with Crippen LogP contribution in [0.1, 0.15) is 46.1 Å². The highest BCUT2D eigenvalue weighted by atomic mass is 16.6. The molecule has 1 amide bonds. The Labute approximate surface area is 148 Å². The fraction of sp³-hybridized carbons (Fsp3) is 0.526. The molecule has 0 saturated carbocycles. The zero-order valence-electron chi connectivity index (χ0n) is 15.2. The van der Waals surface area contributed by atoms with Gasteiger partial charge in [-0.2, -0.15) is 0 Å². The van der Waals surface area contributed by atoms with Gasteiger partial charge < -0.3 is 9.47 Å². The van der Waals surface area contributed by atoms with Crippen molar-refractivity contribution in [1.82, 2.24) is 4.90 Å². The van der Waals surface area contributed by atoms with E-state index in [4.69, 9.17) is 9.47 Å². The molecule has 0 N–H and O–H groups in total. The van der Waals surface area contributed by atoms with Crippen molar-refractivity contribution in [3.05, 3.63) is 35.9 Å². The predicted molar refractivity (Wildman–Crippen MR) is 91.5 cm³/mol. The predicted octanol–water partition coefficient (Wildman–Crippen LogP) is 3.29. The summed E-state index contributed by atoms with van der Waals surface area (Å²) in [5, 5.41) is 0. The molecule has 0 unspecified atom stereocenters. The number of Topliss-reactive ketones (excluding diaryl/α,β-unsaturated/α-hetero) is 1. The molecule has 1 fully saturated rings. The number of ketones is 1. The van der Waals surface area contributed by atoms with Gasteiger partial charge in [-0.25, -0.2) is 9.59 Å². The number of ether oxygens (including phenoxy) is 2. The number of nitrogens with zero attached hydrogens (tertiary/aromatic N) is 1. The Kier molecular flexibility index (Phi) is 5.82. The summed E-state index contributed by atoms with van der Waals surface area (Å²) in [7, 11) is 0. The standard InChI is InChI=1S/C19H25NO5/c1-5-14(21)11-15-16(22)25-17(19(2,3)4)20(15)18(23)24-12-13-9-7-6-8-10-13/h6-10,15,17H,5,11-12H2,1-4H3/t15-,17+/m0/s1. The van der Waals surface area contributed by atoms with Crippen LogP contribution in [0.5, 0.6) is 0 Å². The van der Waals surface area contributed by atoms with Gasteiger partial charge in [0.15, 0.2) is 6.23 Å². The third-order valence-electron chi connectivity index (χ3n) is 4.06. The minimum Gasteiger partial charge on any atom is -0.444 e. The Morgan fingerprint density at radius 2 is 1.84 bits per heavy atom. The largest absolute Gasteiger partial charge is 0.444 e. The maximum atomic E-state index is 12.7. The Hall–Kier alpha value is -2.37. The van der Waals surface area contributed by atoms with Crippen molar-refractivity contribution in [3.63, 3.8) is 0 Å². The van der Waals surface area contributed by atoms with Crippen molar-refractivity contribution in [2.75, 3.05) is 0 Å². The first-order valence-electron chi connectivity index (χ1n) is 8.45. The van der Waals surface area contributed by atoms with E-state index in [9.17, 15) is 14.4 Å². The van der Waals surface area contributed by atoms with E-state index in [0.29, 0.717) is 6.42 Å². The molecule has 2 atom stereocenters. The number of benzene rings is 1. The van der Waals surface area contributed by atoms with Crippen molar-refractivity contribution in [2.24, 2.45) is 5.41 Å². The monoisotopic (exact) mass is 347 g/mol. The van der Waals surface area contributed by atoms with Gasteiger partial charge in [-0.15, -0.1) is 0 Å². The van der Waals surface area contributed by atoms with Crippen molar-refractivity contribution >= 4 is 17.8 Å². The molecular weight excluding hydrogens is 322 g/mol. The van der Waals surface area contributed by atoms with Gasteiger partial charge in [0.2, 0.25) is 0 Å². The molecule has 6 nitrogen and oxygen atoms in total. The van der Waals surface area contributed by atoms with Crippen molar-refractivity contribution in [2.45, 2.75) is 59.4 Å². The summed E-state index contributed by atoms with van der Waals surface area (Å²) < 4.78 is 10.8. The quantitative estimate of drug-likeness (QED) is 0.764. The molecule has 1 aromatic rings.